The summed E-state index contributed by atoms with van der Waals surface area (Å²) in [6.07, 6.45) is 7.71. The molecule has 0 aromatic rings. The number of unbranched alkanes of at least 4 members (excludes halogenated alkanes) is 1. The molecule has 1 atom stereocenters. The lowest BCUT2D eigenvalue weighted by Gasteiger charge is -2.23. The van der Waals surface area contributed by atoms with Crippen LogP contribution in [-0.4, -0.2) is 18.2 Å². The maximum Gasteiger partial charge on any atom is 0.211 e. The highest BCUT2D eigenvalue weighted by atomic mass is 32.9. The first-order valence-electron chi connectivity index (χ1n) is 5.87. The van der Waals surface area contributed by atoms with Crippen LogP contribution in [0.2, 0.25) is 0 Å². The lowest BCUT2D eigenvalue weighted by Crippen LogP contribution is -2.11. The van der Waals surface area contributed by atoms with Crippen LogP contribution in [0.5, 0.6) is 0 Å². The van der Waals surface area contributed by atoms with Gasteiger partial charge in [0.2, 0.25) is 5.62 Å². The van der Waals surface area contributed by atoms with Gasteiger partial charge in [-0.25, -0.2) is 4.99 Å². The molecule has 100 valence electrons. The minimum Gasteiger partial charge on any atom is -0.324 e. The SMILES string of the molecule is CC=CN=CNP(=S)(OC(C)C)SCCCC. The number of allylic oxidation sites excluding steroid dienone is 1. The predicted molar refractivity (Wildman–Crippen MR) is 84.3 cm³/mol. The van der Waals surface area contributed by atoms with Crippen LogP contribution in [0.25, 0.3) is 0 Å². The van der Waals surface area contributed by atoms with Crippen LogP contribution in [0.1, 0.15) is 40.5 Å². The average Bonchev–Trinajstić information content (AvgIpc) is 2.24. The zero-order valence-corrected chi connectivity index (χ0v) is 13.6. The molecule has 0 heterocycles. The molecule has 0 radical (unpaired) electrons. The summed E-state index contributed by atoms with van der Waals surface area (Å²) in [4.78, 5) is 4.06. The molecule has 17 heavy (non-hydrogen) atoms. The van der Waals surface area contributed by atoms with E-state index in [0.29, 0.717) is 0 Å². The van der Waals surface area contributed by atoms with E-state index in [9.17, 15) is 0 Å². The van der Waals surface area contributed by atoms with Gasteiger partial charge in [-0.2, -0.15) is 0 Å². The van der Waals surface area contributed by atoms with Crippen molar-refractivity contribution in [1.82, 2.24) is 5.09 Å². The minimum atomic E-state index is -2.03. The molecule has 0 saturated carbocycles. The summed E-state index contributed by atoms with van der Waals surface area (Å²) in [5.74, 6) is 1.03. The van der Waals surface area contributed by atoms with Gasteiger partial charge < -0.3 is 9.61 Å². The first-order valence-corrected chi connectivity index (χ1v) is 10.2. The fraction of sp³-hybridized carbons (Fsp3) is 0.727. The third-order valence-electron chi connectivity index (χ3n) is 1.63. The van der Waals surface area contributed by atoms with E-state index in [2.05, 4.69) is 17.0 Å². The van der Waals surface area contributed by atoms with Crippen LogP contribution < -0.4 is 5.09 Å². The molecule has 0 spiro atoms. The molecule has 0 aliphatic heterocycles. The molecule has 0 bridgehead atoms. The minimum absolute atomic E-state index is 0.137. The van der Waals surface area contributed by atoms with Crippen molar-refractivity contribution in [1.29, 1.82) is 0 Å². The fourth-order valence-corrected chi connectivity index (χ4v) is 6.06. The number of hydrogen-bond acceptors (Lipinski definition) is 4. The first kappa shape index (κ1) is 17.2. The molecule has 0 fully saturated rings. The van der Waals surface area contributed by atoms with Crippen molar-refractivity contribution in [3.8, 4) is 0 Å². The van der Waals surface area contributed by atoms with E-state index < -0.39 is 5.62 Å². The molecule has 0 rings (SSSR count). The van der Waals surface area contributed by atoms with Gasteiger partial charge in [-0.05, 0) is 39.0 Å². The standard InChI is InChI=1S/C11H23N2OPS2/c1-5-7-9-17-15(16,14-11(3)4)13-10-12-8-6-2/h6,8,10-11H,5,7,9H2,1-4H3,(H,12,13,16). The van der Waals surface area contributed by atoms with Crippen molar-refractivity contribution >= 4 is 35.1 Å². The van der Waals surface area contributed by atoms with E-state index in [1.165, 1.54) is 6.42 Å². The van der Waals surface area contributed by atoms with Crippen molar-refractivity contribution in [2.75, 3.05) is 5.75 Å². The molecule has 3 nitrogen and oxygen atoms in total. The van der Waals surface area contributed by atoms with Crippen LogP contribution in [0, 0.1) is 0 Å². The van der Waals surface area contributed by atoms with E-state index in [0.717, 1.165) is 12.2 Å². The second-order valence-corrected chi connectivity index (χ2v) is 10.4. The molecule has 0 amide bonds. The first-order chi connectivity index (χ1) is 8.04. The Labute approximate surface area is 114 Å². The maximum absolute atomic E-state index is 5.83. The smallest absolute Gasteiger partial charge is 0.211 e. The van der Waals surface area contributed by atoms with Gasteiger partial charge >= 0.3 is 0 Å². The van der Waals surface area contributed by atoms with Gasteiger partial charge in [-0.1, -0.05) is 30.8 Å². The Bertz CT molecular complexity index is 293. The third kappa shape index (κ3) is 9.83. The quantitative estimate of drug-likeness (QED) is 0.297. The summed E-state index contributed by atoms with van der Waals surface area (Å²) in [6.45, 7) is 8.11. The highest BCUT2D eigenvalue weighted by Gasteiger charge is 2.18. The predicted octanol–water partition coefficient (Wildman–Crippen LogP) is 4.32. The molecule has 0 saturated heterocycles. The van der Waals surface area contributed by atoms with Crippen LogP contribution in [-0.2, 0) is 16.3 Å². The van der Waals surface area contributed by atoms with Crippen LogP contribution in [0.3, 0.4) is 0 Å². The molecule has 0 aliphatic rings. The van der Waals surface area contributed by atoms with Crippen molar-refractivity contribution in [2.45, 2.75) is 46.6 Å². The maximum atomic E-state index is 5.83. The van der Waals surface area contributed by atoms with E-state index in [4.69, 9.17) is 16.3 Å². The number of aliphatic imine (C=N–C) groups is 1. The molecule has 0 aromatic carbocycles. The highest BCUT2D eigenvalue weighted by Crippen LogP contribution is 2.56. The number of nitrogens with one attached hydrogen (secondary N) is 1. The Morgan fingerprint density at radius 1 is 1.53 bits per heavy atom. The summed E-state index contributed by atoms with van der Waals surface area (Å²) in [7, 11) is 0. The molecule has 6 heteroatoms. The van der Waals surface area contributed by atoms with Gasteiger partial charge in [0, 0.05) is 12.0 Å². The zero-order chi connectivity index (χ0) is 13.1. The van der Waals surface area contributed by atoms with Gasteiger partial charge in [-0.3, -0.25) is 0 Å². The Morgan fingerprint density at radius 3 is 2.76 bits per heavy atom. The van der Waals surface area contributed by atoms with E-state index in [1.54, 1.807) is 23.9 Å². The van der Waals surface area contributed by atoms with Gasteiger partial charge in [0.1, 0.15) is 0 Å². The highest BCUT2D eigenvalue weighted by molar-refractivity contribution is 8.68. The van der Waals surface area contributed by atoms with Crippen LogP contribution >= 0.6 is 17.0 Å². The van der Waals surface area contributed by atoms with Crippen LogP contribution in [0.15, 0.2) is 17.3 Å². The Balaban J connectivity index is 4.33. The van der Waals surface area contributed by atoms with E-state index in [1.807, 2.05) is 26.8 Å². The fourth-order valence-electron chi connectivity index (χ4n) is 0.938. The van der Waals surface area contributed by atoms with Crippen molar-refractivity contribution in [3.63, 3.8) is 0 Å². The Kier molecular flexibility index (Phi) is 10.2. The normalized spacial score (nSPS) is 15.8. The zero-order valence-electron chi connectivity index (χ0n) is 11.0. The molecular weight excluding hydrogens is 271 g/mol. The van der Waals surface area contributed by atoms with Crippen molar-refractivity contribution in [3.05, 3.63) is 12.3 Å². The van der Waals surface area contributed by atoms with Crippen molar-refractivity contribution in [2.24, 2.45) is 4.99 Å². The number of hydrogen-bond donors (Lipinski definition) is 1. The largest absolute Gasteiger partial charge is 0.324 e. The topological polar surface area (TPSA) is 33.6 Å². The number of rotatable bonds is 9. The number of nitrogens with zero attached hydrogens (tertiary/aromatic N) is 1. The molecular formula is C11H23N2OPS2. The summed E-state index contributed by atoms with van der Waals surface area (Å²) in [6, 6.07) is 0. The van der Waals surface area contributed by atoms with Gasteiger partial charge in [0.05, 0.1) is 12.4 Å². The average molecular weight is 294 g/mol. The second kappa shape index (κ2) is 10.1. The van der Waals surface area contributed by atoms with Gasteiger partial charge in [0.25, 0.3) is 0 Å². The Hall–Kier alpha value is 0.170. The summed E-state index contributed by atoms with van der Waals surface area (Å²) in [5, 5.41) is 3.14. The summed E-state index contributed by atoms with van der Waals surface area (Å²) in [5.41, 5.74) is -2.03. The van der Waals surface area contributed by atoms with Gasteiger partial charge in [0.15, 0.2) is 0 Å². The molecule has 1 unspecified atom stereocenters. The van der Waals surface area contributed by atoms with Gasteiger partial charge in [-0.15, -0.1) is 0 Å². The monoisotopic (exact) mass is 294 g/mol. The molecule has 0 aliphatic carbocycles. The Morgan fingerprint density at radius 2 is 2.24 bits per heavy atom. The molecule has 1 N–H and O–H groups in total. The molecule has 0 aromatic heterocycles. The summed E-state index contributed by atoms with van der Waals surface area (Å²) < 4.78 is 5.83. The van der Waals surface area contributed by atoms with E-state index >= 15 is 0 Å². The van der Waals surface area contributed by atoms with E-state index in [-0.39, 0.29) is 6.10 Å². The third-order valence-corrected chi connectivity index (χ3v) is 7.24. The lowest BCUT2D eigenvalue weighted by atomic mass is 10.4. The summed E-state index contributed by atoms with van der Waals surface area (Å²) >= 11 is 7.28. The second-order valence-electron chi connectivity index (χ2n) is 3.73. The van der Waals surface area contributed by atoms with Crippen molar-refractivity contribution < 1.29 is 4.52 Å². The van der Waals surface area contributed by atoms with Crippen LogP contribution in [0.4, 0.5) is 0 Å². The lowest BCUT2D eigenvalue weighted by molar-refractivity contribution is 0.274.